The molecular formula is C13H13N3O. The Labute approximate surface area is 99.7 Å². The zero-order chi connectivity index (χ0) is 12.1. The van der Waals surface area contributed by atoms with Gasteiger partial charge in [0, 0.05) is 12.6 Å². The van der Waals surface area contributed by atoms with Gasteiger partial charge in [-0.1, -0.05) is 18.2 Å². The predicted octanol–water partition coefficient (Wildman–Crippen LogP) is 2.38. The maximum Gasteiger partial charge on any atom is 0.256 e. The van der Waals surface area contributed by atoms with Gasteiger partial charge in [-0.05, 0) is 24.3 Å². The molecule has 0 aliphatic carbocycles. The number of amides is 1. The second-order valence-electron chi connectivity index (χ2n) is 3.50. The predicted molar refractivity (Wildman–Crippen MR) is 68.2 cm³/mol. The van der Waals surface area contributed by atoms with Crippen LogP contribution in [0.5, 0.6) is 0 Å². The van der Waals surface area contributed by atoms with E-state index < -0.39 is 0 Å². The number of carbonyl (C=O) groups is 1. The van der Waals surface area contributed by atoms with E-state index in [1.54, 1.807) is 24.4 Å². The van der Waals surface area contributed by atoms with Crippen LogP contribution in [0, 0.1) is 0 Å². The van der Waals surface area contributed by atoms with Crippen molar-refractivity contribution in [3.05, 3.63) is 54.2 Å². The summed E-state index contributed by atoms with van der Waals surface area (Å²) in [5, 5.41) is 5.70. The standard InChI is InChI=1S/C13H13N3O/c1-14-11-7-8-12(15-9-11)16-13(17)10-5-3-2-4-6-10/h2-9,14H,1H3,(H,15,16,17). The lowest BCUT2D eigenvalue weighted by atomic mass is 10.2. The molecule has 1 aromatic heterocycles. The third-order valence-electron chi connectivity index (χ3n) is 2.33. The Bertz CT molecular complexity index is 494. The fraction of sp³-hybridized carbons (Fsp3) is 0.0769. The number of rotatable bonds is 3. The van der Waals surface area contributed by atoms with Gasteiger partial charge in [-0.15, -0.1) is 0 Å². The van der Waals surface area contributed by atoms with Crippen molar-refractivity contribution in [3.63, 3.8) is 0 Å². The van der Waals surface area contributed by atoms with Crippen molar-refractivity contribution in [3.8, 4) is 0 Å². The number of pyridine rings is 1. The molecule has 2 aromatic rings. The lowest BCUT2D eigenvalue weighted by molar-refractivity contribution is 0.102. The van der Waals surface area contributed by atoms with Gasteiger partial charge in [0.25, 0.3) is 5.91 Å². The van der Waals surface area contributed by atoms with Crippen LogP contribution in [0.1, 0.15) is 10.4 Å². The van der Waals surface area contributed by atoms with E-state index in [4.69, 9.17) is 0 Å². The first-order valence-electron chi connectivity index (χ1n) is 5.30. The SMILES string of the molecule is CNc1ccc(NC(=O)c2ccccc2)nc1. The summed E-state index contributed by atoms with van der Waals surface area (Å²) in [4.78, 5) is 15.9. The highest BCUT2D eigenvalue weighted by atomic mass is 16.1. The summed E-state index contributed by atoms with van der Waals surface area (Å²) >= 11 is 0. The largest absolute Gasteiger partial charge is 0.387 e. The summed E-state index contributed by atoms with van der Waals surface area (Å²) in [6.07, 6.45) is 1.67. The summed E-state index contributed by atoms with van der Waals surface area (Å²) in [6, 6.07) is 12.7. The molecule has 1 amide bonds. The topological polar surface area (TPSA) is 54.0 Å². The summed E-state index contributed by atoms with van der Waals surface area (Å²) < 4.78 is 0. The molecule has 0 saturated heterocycles. The number of hydrogen-bond acceptors (Lipinski definition) is 3. The summed E-state index contributed by atoms with van der Waals surface area (Å²) in [5.74, 6) is 0.383. The lowest BCUT2D eigenvalue weighted by Crippen LogP contribution is -2.12. The van der Waals surface area contributed by atoms with Gasteiger partial charge in [-0.2, -0.15) is 0 Å². The first-order valence-corrected chi connectivity index (χ1v) is 5.30. The minimum absolute atomic E-state index is 0.157. The molecule has 1 heterocycles. The molecule has 0 saturated carbocycles. The van der Waals surface area contributed by atoms with Crippen molar-refractivity contribution in [1.82, 2.24) is 4.98 Å². The van der Waals surface area contributed by atoms with Crippen LogP contribution in [0.25, 0.3) is 0 Å². The van der Waals surface area contributed by atoms with Crippen LogP contribution in [0.2, 0.25) is 0 Å². The van der Waals surface area contributed by atoms with Gasteiger partial charge < -0.3 is 10.6 Å². The first kappa shape index (κ1) is 11.1. The molecule has 0 fully saturated rings. The highest BCUT2D eigenvalue weighted by Crippen LogP contribution is 2.10. The second-order valence-corrected chi connectivity index (χ2v) is 3.50. The number of nitrogens with one attached hydrogen (secondary N) is 2. The maximum atomic E-state index is 11.8. The Morgan fingerprint density at radius 2 is 1.88 bits per heavy atom. The van der Waals surface area contributed by atoms with Gasteiger partial charge in [0.1, 0.15) is 5.82 Å². The van der Waals surface area contributed by atoms with Crippen LogP contribution >= 0.6 is 0 Å². The average molecular weight is 227 g/mol. The van der Waals surface area contributed by atoms with E-state index in [9.17, 15) is 4.79 Å². The van der Waals surface area contributed by atoms with Gasteiger partial charge >= 0.3 is 0 Å². The van der Waals surface area contributed by atoms with Crippen LogP contribution in [0.4, 0.5) is 11.5 Å². The molecule has 4 heteroatoms. The van der Waals surface area contributed by atoms with E-state index in [0.717, 1.165) is 5.69 Å². The van der Waals surface area contributed by atoms with Gasteiger partial charge in [-0.25, -0.2) is 4.98 Å². The molecule has 1 aromatic carbocycles. The van der Waals surface area contributed by atoms with Crippen molar-refractivity contribution >= 4 is 17.4 Å². The smallest absolute Gasteiger partial charge is 0.256 e. The first-order chi connectivity index (χ1) is 8.29. The Balaban J connectivity index is 2.08. The van der Waals surface area contributed by atoms with Crippen molar-refractivity contribution in [2.45, 2.75) is 0 Å². The third kappa shape index (κ3) is 2.81. The molecule has 0 aliphatic rings. The molecule has 0 atom stereocenters. The average Bonchev–Trinajstić information content (AvgIpc) is 2.40. The summed E-state index contributed by atoms with van der Waals surface area (Å²) in [5.41, 5.74) is 1.52. The minimum Gasteiger partial charge on any atom is -0.387 e. The quantitative estimate of drug-likeness (QED) is 0.846. The molecule has 17 heavy (non-hydrogen) atoms. The van der Waals surface area contributed by atoms with E-state index in [-0.39, 0.29) is 5.91 Å². The number of anilines is 2. The molecule has 2 rings (SSSR count). The zero-order valence-corrected chi connectivity index (χ0v) is 9.47. The minimum atomic E-state index is -0.157. The molecule has 2 N–H and O–H groups in total. The third-order valence-corrected chi connectivity index (χ3v) is 2.33. The van der Waals surface area contributed by atoms with Crippen molar-refractivity contribution < 1.29 is 4.79 Å². The van der Waals surface area contributed by atoms with Gasteiger partial charge in [0.2, 0.25) is 0 Å². The number of benzene rings is 1. The summed E-state index contributed by atoms with van der Waals surface area (Å²) in [7, 11) is 1.82. The van der Waals surface area contributed by atoms with E-state index in [2.05, 4.69) is 15.6 Å². The zero-order valence-electron chi connectivity index (χ0n) is 9.47. The molecule has 0 radical (unpaired) electrons. The van der Waals surface area contributed by atoms with E-state index in [1.165, 1.54) is 0 Å². The fourth-order valence-corrected chi connectivity index (χ4v) is 1.39. The number of nitrogens with zero attached hydrogens (tertiary/aromatic N) is 1. The Morgan fingerprint density at radius 3 is 2.47 bits per heavy atom. The van der Waals surface area contributed by atoms with E-state index in [0.29, 0.717) is 11.4 Å². The van der Waals surface area contributed by atoms with Crippen LogP contribution in [0.15, 0.2) is 48.7 Å². The van der Waals surface area contributed by atoms with Crippen LogP contribution in [-0.4, -0.2) is 17.9 Å². The fourth-order valence-electron chi connectivity index (χ4n) is 1.39. The highest BCUT2D eigenvalue weighted by Gasteiger charge is 2.05. The molecule has 86 valence electrons. The molecule has 4 nitrogen and oxygen atoms in total. The summed E-state index contributed by atoms with van der Waals surface area (Å²) in [6.45, 7) is 0. The number of hydrogen-bond donors (Lipinski definition) is 2. The molecular weight excluding hydrogens is 214 g/mol. The second kappa shape index (κ2) is 5.12. The van der Waals surface area contributed by atoms with Gasteiger partial charge in [0.05, 0.1) is 11.9 Å². The molecule has 0 aliphatic heterocycles. The Hall–Kier alpha value is -2.36. The maximum absolute atomic E-state index is 11.8. The molecule has 0 unspecified atom stereocenters. The Kier molecular flexibility index (Phi) is 3.35. The van der Waals surface area contributed by atoms with Gasteiger partial charge in [-0.3, -0.25) is 4.79 Å². The van der Waals surface area contributed by atoms with Crippen LogP contribution in [-0.2, 0) is 0 Å². The number of carbonyl (C=O) groups excluding carboxylic acids is 1. The lowest BCUT2D eigenvalue weighted by Gasteiger charge is -2.05. The normalized spacial score (nSPS) is 9.71. The molecule has 0 bridgehead atoms. The van der Waals surface area contributed by atoms with Crippen LogP contribution < -0.4 is 10.6 Å². The number of aromatic nitrogens is 1. The molecule has 0 spiro atoms. The van der Waals surface area contributed by atoms with Gasteiger partial charge in [0.15, 0.2) is 0 Å². The highest BCUT2D eigenvalue weighted by molar-refractivity contribution is 6.03. The van der Waals surface area contributed by atoms with E-state index >= 15 is 0 Å². The Morgan fingerprint density at radius 1 is 1.12 bits per heavy atom. The van der Waals surface area contributed by atoms with Crippen LogP contribution in [0.3, 0.4) is 0 Å². The van der Waals surface area contributed by atoms with Crippen molar-refractivity contribution in [2.24, 2.45) is 0 Å². The van der Waals surface area contributed by atoms with E-state index in [1.807, 2.05) is 31.3 Å². The van der Waals surface area contributed by atoms with Crippen molar-refractivity contribution in [1.29, 1.82) is 0 Å². The monoisotopic (exact) mass is 227 g/mol. The van der Waals surface area contributed by atoms with Crippen molar-refractivity contribution in [2.75, 3.05) is 17.7 Å².